The highest BCUT2D eigenvalue weighted by atomic mass is 16.6. The fraction of sp³-hybridized carbons (Fsp3) is 0.100. The van der Waals surface area contributed by atoms with Gasteiger partial charge in [-0.3, -0.25) is 14.9 Å². The first-order chi connectivity index (χ1) is 6.66. The van der Waals surface area contributed by atoms with Crippen LogP contribution in [0.15, 0.2) is 24.3 Å². The van der Waals surface area contributed by atoms with Gasteiger partial charge in [0, 0.05) is 6.07 Å². The van der Waals surface area contributed by atoms with Crippen LogP contribution < -0.4 is 0 Å². The molecule has 4 heteroatoms. The smallest absolute Gasteiger partial charge is 0.276 e. The molecule has 0 unspecified atom stereocenters. The molecule has 1 rings (SSSR count). The van der Waals surface area contributed by atoms with E-state index in [-0.39, 0.29) is 5.69 Å². The van der Waals surface area contributed by atoms with Crippen molar-refractivity contribution in [1.82, 2.24) is 0 Å². The largest absolute Gasteiger partial charge is 0.299 e. The van der Waals surface area contributed by atoms with Crippen LogP contribution in [-0.4, -0.2) is 11.2 Å². The van der Waals surface area contributed by atoms with Crippen molar-refractivity contribution in [2.45, 2.75) is 6.92 Å². The van der Waals surface area contributed by atoms with E-state index in [0.29, 0.717) is 11.8 Å². The minimum Gasteiger partial charge on any atom is -0.299 e. The van der Waals surface area contributed by atoms with Crippen molar-refractivity contribution >= 4 is 18.0 Å². The Labute approximate surface area is 81.0 Å². The van der Waals surface area contributed by atoms with Crippen molar-refractivity contribution in [1.29, 1.82) is 0 Å². The third kappa shape index (κ3) is 2.04. The lowest BCUT2D eigenvalue weighted by molar-refractivity contribution is -0.385. The van der Waals surface area contributed by atoms with Gasteiger partial charge in [-0.1, -0.05) is 12.1 Å². The van der Waals surface area contributed by atoms with Crippen molar-refractivity contribution in [3.63, 3.8) is 0 Å². The summed E-state index contributed by atoms with van der Waals surface area (Å²) >= 11 is 0. The second-order valence-corrected chi connectivity index (χ2v) is 2.76. The van der Waals surface area contributed by atoms with E-state index in [0.717, 1.165) is 5.56 Å². The number of rotatable bonds is 3. The van der Waals surface area contributed by atoms with E-state index < -0.39 is 4.92 Å². The number of allylic oxidation sites excluding steroid dienone is 1. The Balaban J connectivity index is 3.28. The van der Waals surface area contributed by atoms with Crippen LogP contribution in [0.3, 0.4) is 0 Å². The van der Waals surface area contributed by atoms with Gasteiger partial charge in [0.15, 0.2) is 0 Å². The second kappa shape index (κ2) is 4.32. The van der Waals surface area contributed by atoms with E-state index in [4.69, 9.17) is 0 Å². The van der Waals surface area contributed by atoms with Gasteiger partial charge in [-0.25, -0.2) is 0 Å². The minimum atomic E-state index is -0.461. The molecule has 0 amide bonds. The van der Waals surface area contributed by atoms with Gasteiger partial charge in [0.2, 0.25) is 0 Å². The molecule has 0 aromatic heterocycles. The van der Waals surface area contributed by atoms with Crippen LogP contribution in [0.2, 0.25) is 0 Å². The number of hydrogen-bond donors (Lipinski definition) is 0. The number of nitro groups is 1. The van der Waals surface area contributed by atoms with Gasteiger partial charge in [0.25, 0.3) is 5.69 Å². The maximum Gasteiger partial charge on any atom is 0.276 e. The zero-order valence-corrected chi connectivity index (χ0v) is 7.64. The Kier molecular flexibility index (Phi) is 3.12. The normalized spacial score (nSPS) is 10.4. The molecule has 1 aromatic rings. The van der Waals surface area contributed by atoms with Crippen LogP contribution in [0.5, 0.6) is 0 Å². The summed E-state index contributed by atoms with van der Waals surface area (Å²) in [4.78, 5) is 20.3. The van der Waals surface area contributed by atoms with Crippen LogP contribution in [-0.2, 0) is 4.79 Å². The molecule has 0 aliphatic rings. The molecule has 1 aromatic carbocycles. The lowest BCUT2D eigenvalue weighted by Gasteiger charge is -2.00. The quantitative estimate of drug-likeness (QED) is 0.318. The Morgan fingerprint density at radius 1 is 1.43 bits per heavy atom. The van der Waals surface area contributed by atoms with Crippen molar-refractivity contribution in [2.24, 2.45) is 0 Å². The van der Waals surface area contributed by atoms with Gasteiger partial charge in [-0.05, 0) is 24.6 Å². The average Bonchev–Trinajstić information content (AvgIpc) is 2.15. The van der Waals surface area contributed by atoms with Gasteiger partial charge in [0.05, 0.1) is 10.5 Å². The third-order valence-electron chi connectivity index (χ3n) is 1.84. The molecule has 0 radical (unpaired) electrons. The number of carbonyl (C=O) groups excluding carboxylic acids is 1. The van der Waals surface area contributed by atoms with Crippen molar-refractivity contribution < 1.29 is 9.72 Å². The molecule has 14 heavy (non-hydrogen) atoms. The molecule has 0 fully saturated rings. The Morgan fingerprint density at radius 3 is 2.71 bits per heavy atom. The Hall–Kier alpha value is -1.97. The van der Waals surface area contributed by atoms with Crippen LogP contribution in [0.4, 0.5) is 5.69 Å². The average molecular weight is 191 g/mol. The van der Waals surface area contributed by atoms with Gasteiger partial charge >= 0.3 is 0 Å². The predicted molar refractivity (Wildman–Crippen MR) is 52.9 cm³/mol. The van der Waals surface area contributed by atoms with E-state index in [1.807, 2.05) is 0 Å². The number of nitrogens with zero attached hydrogens (tertiary/aromatic N) is 1. The van der Waals surface area contributed by atoms with Crippen LogP contribution in [0.1, 0.15) is 11.1 Å². The number of aldehydes is 1. The fourth-order valence-corrected chi connectivity index (χ4v) is 1.18. The van der Waals surface area contributed by atoms with Crippen LogP contribution in [0.25, 0.3) is 6.08 Å². The number of carbonyl (C=O) groups is 1. The summed E-state index contributed by atoms with van der Waals surface area (Å²) in [5, 5.41) is 10.6. The SMILES string of the molecule is Cc1cccc([N+](=O)[O-])c1/C=C/C=O. The monoisotopic (exact) mass is 191 g/mol. The first-order valence-electron chi connectivity index (χ1n) is 4.02. The maximum absolute atomic E-state index is 10.6. The molecule has 0 aliphatic carbocycles. The molecular formula is C10H9NO3. The number of aryl methyl sites for hydroxylation is 1. The molecule has 0 atom stereocenters. The zero-order chi connectivity index (χ0) is 10.6. The van der Waals surface area contributed by atoms with Gasteiger partial charge < -0.3 is 0 Å². The highest BCUT2D eigenvalue weighted by molar-refractivity contribution is 5.77. The predicted octanol–water partition coefficient (Wildman–Crippen LogP) is 2.12. The van der Waals surface area contributed by atoms with E-state index in [2.05, 4.69) is 0 Å². The van der Waals surface area contributed by atoms with Gasteiger partial charge in [0.1, 0.15) is 6.29 Å². The molecule has 0 N–H and O–H groups in total. The summed E-state index contributed by atoms with van der Waals surface area (Å²) in [6, 6.07) is 4.79. The van der Waals surface area contributed by atoms with E-state index in [9.17, 15) is 14.9 Å². The van der Waals surface area contributed by atoms with Crippen molar-refractivity contribution in [3.05, 3.63) is 45.5 Å². The fourth-order valence-electron chi connectivity index (χ4n) is 1.18. The van der Waals surface area contributed by atoms with Gasteiger partial charge in [-0.15, -0.1) is 0 Å². The summed E-state index contributed by atoms with van der Waals surface area (Å²) in [6.07, 6.45) is 3.28. The molecule has 0 spiro atoms. The summed E-state index contributed by atoms with van der Waals surface area (Å²) in [7, 11) is 0. The molecule has 0 saturated carbocycles. The lowest BCUT2D eigenvalue weighted by atomic mass is 10.1. The summed E-state index contributed by atoms with van der Waals surface area (Å²) in [5.41, 5.74) is 1.27. The molecule has 72 valence electrons. The molecule has 0 bridgehead atoms. The molecule has 4 nitrogen and oxygen atoms in total. The van der Waals surface area contributed by atoms with Crippen LogP contribution in [0, 0.1) is 17.0 Å². The van der Waals surface area contributed by atoms with Crippen LogP contribution >= 0.6 is 0 Å². The molecular weight excluding hydrogens is 182 g/mol. The lowest BCUT2D eigenvalue weighted by Crippen LogP contribution is -1.93. The number of hydrogen-bond acceptors (Lipinski definition) is 3. The van der Waals surface area contributed by atoms with E-state index >= 15 is 0 Å². The van der Waals surface area contributed by atoms with E-state index in [1.165, 1.54) is 18.2 Å². The first-order valence-corrected chi connectivity index (χ1v) is 4.02. The maximum atomic E-state index is 10.6. The number of nitro benzene ring substituents is 1. The third-order valence-corrected chi connectivity index (χ3v) is 1.84. The topological polar surface area (TPSA) is 60.2 Å². The highest BCUT2D eigenvalue weighted by Gasteiger charge is 2.11. The zero-order valence-electron chi connectivity index (χ0n) is 7.64. The molecule has 0 saturated heterocycles. The number of benzene rings is 1. The minimum absolute atomic E-state index is 0.0168. The Morgan fingerprint density at radius 2 is 2.14 bits per heavy atom. The second-order valence-electron chi connectivity index (χ2n) is 2.76. The summed E-state index contributed by atoms with van der Waals surface area (Å²) in [6.45, 7) is 1.76. The first kappa shape index (κ1) is 10.1. The Bertz CT molecular complexity index is 396. The standard InChI is InChI=1S/C10H9NO3/c1-8-4-2-6-10(11(13)14)9(8)5-3-7-12/h2-7H,1H3/b5-3+. The van der Waals surface area contributed by atoms with Crippen molar-refractivity contribution in [2.75, 3.05) is 0 Å². The molecule has 0 heterocycles. The van der Waals surface area contributed by atoms with E-state index in [1.54, 1.807) is 19.1 Å². The summed E-state index contributed by atoms with van der Waals surface area (Å²) < 4.78 is 0. The summed E-state index contributed by atoms with van der Waals surface area (Å²) in [5.74, 6) is 0. The van der Waals surface area contributed by atoms with Gasteiger partial charge in [-0.2, -0.15) is 0 Å². The highest BCUT2D eigenvalue weighted by Crippen LogP contribution is 2.22. The molecule has 0 aliphatic heterocycles. The van der Waals surface area contributed by atoms with Crippen molar-refractivity contribution in [3.8, 4) is 0 Å².